The van der Waals surface area contributed by atoms with E-state index in [9.17, 15) is 13.2 Å². The van der Waals surface area contributed by atoms with Crippen LogP contribution in [0.4, 0.5) is 5.69 Å². The number of aryl methyl sites for hydroxylation is 1. The Balaban J connectivity index is 1.83. The van der Waals surface area contributed by atoms with Gasteiger partial charge in [0.05, 0.1) is 23.4 Å². The van der Waals surface area contributed by atoms with Crippen molar-refractivity contribution in [3.8, 4) is 0 Å². The molecule has 0 saturated heterocycles. The van der Waals surface area contributed by atoms with Crippen molar-refractivity contribution in [3.05, 3.63) is 82.2 Å². The lowest BCUT2D eigenvalue weighted by Gasteiger charge is -2.16. The molecule has 0 bridgehead atoms. The van der Waals surface area contributed by atoms with Crippen molar-refractivity contribution in [3.63, 3.8) is 0 Å². The van der Waals surface area contributed by atoms with Gasteiger partial charge in [-0.15, -0.1) is 0 Å². The van der Waals surface area contributed by atoms with Gasteiger partial charge in [-0.1, -0.05) is 12.1 Å². The normalized spacial score (nSPS) is 11.2. The lowest BCUT2D eigenvalue weighted by molar-refractivity contribution is 0.0775. The number of nitrogens with zero attached hydrogens (tertiary/aromatic N) is 1. The molecule has 1 aromatic heterocycles. The largest absolute Gasteiger partial charge is 0.467 e. The van der Waals surface area contributed by atoms with E-state index >= 15 is 0 Å². The molecule has 8 heteroatoms. The van der Waals surface area contributed by atoms with E-state index in [0.29, 0.717) is 15.9 Å². The van der Waals surface area contributed by atoms with Crippen LogP contribution in [0, 0.1) is 6.92 Å². The maximum absolute atomic E-state index is 12.8. The minimum absolute atomic E-state index is 0.0122. The summed E-state index contributed by atoms with van der Waals surface area (Å²) in [6, 6.07) is 14.9. The van der Waals surface area contributed by atoms with Crippen LogP contribution >= 0.6 is 15.9 Å². The molecule has 0 atom stereocenters. The zero-order valence-electron chi connectivity index (χ0n) is 15.3. The SMILES string of the molecule is Cc1ccc(Br)c(NS(=O)(=O)c2cccc(C(=O)N(C)Cc3ccco3)c2)c1. The summed E-state index contributed by atoms with van der Waals surface area (Å²) in [5, 5.41) is 0. The number of nitrogens with one attached hydrogen (secondary N) is 1. The van der Waals surface area contributed by atoms with Crippen LogP contribution in [0.5, 0.6) is 0 Å². The van der Waals surface area contributed by atoms with Gasteiger partial charge in [0.1, 0.15) is 5.76 Å². The van der Waals surface area contributed by atoms with Crippen molar-refractivity contribution < 1.29 is 17.6 Å². The zero-order chi connectivity index (χ0) is 20.3. The van der Waals surface area contributed by atoms with E-state index in [-0.39, 0.29) is 22.9 Å². The van der Waals surface area contributed by atoms with Gasteiger partial charge < -0.3 is 9.32 Å². The van der Waals surface area contributed by atoms with E-state index in [1.165, 1.54) is 23.3 Å². The van der Waals surface area contributed by atoms with Crippen molar-refractivity contribution in [1.82, 2.24) is 4.90 Å². The smallest absolute Gasteiger partial charge is 0.261 e. The third-order valence-corrected chi connectivity index (χ3v) is 6.13. The Labute approximate surface area is 172 Å². The van der Waals surface area contributed by atoms with E-state index in [2.05, 4.69) is 20.7 Å². The van der Waals surface area contributed by atoms with Gasteiger partial charge in [-0.3, -0.25) is 9.52 Å². The van der Waals surface area contributed by atoms with Crippen molar-refractivity contribution in [2.45, 2.75) is 18.4 Å². The Morgan fingerprint density at radius 1 is 1.14 bits per heavy atom. The van der Waals surface area contributed by atoms with Gasteiger partial charge in [0, 0.05) is 17.1 Å². The van der Waals surface area contributed by atoms with Crippen molar-refractivity contribution in [2.24, 2.45) is 0 Å². The molecular weight excluding hydrogens is 444 g/mol. The molecule has 0 aliphatic carbocycles. The summed E-state index contributed by atoms with van der Waals surface area (Å²) in [6.45, 7) is 2.16. The quantitative estimate of drug-likeness (QED) is 0.587. The van der Waals surface area contributed by atoms with Crippen LogP contribution in [0.3, 0.4) is 0 Å². The van der Waals surface area contributed by atoms with E-state index in [4.69, 9.17) is 4.42 Å². The lowest BCUT2D eigenvalue weighted by atomic mass is 10.2. The predicted octanol–water partition coefficient (Wildman–Crippen LogP) is 4.42. The number of halogens is 1. The highest BCUT2D eigenvalue weighted by atomic mass is 79.9. The number of carbonyl (C=O) groups is 1. The third kappa shape index (κ3) is 4.63. The molecule has 0 saturated carbocycles. The van der Waals surface area contributed by atoms with Crippen LogP contribution in [0.15, 0.2) is 74.6 Å². The van der Waals surface area contributed by atoms with Crippen LogP contribution in [-0.4, -0.2) is 26.3 Å². The molecular formula is C20H19BrN2O4S. The number of hydrogen-bond acceptors (Lipinski definition) is 4. The van der Waals surface area contributed by atoms with Gasteiger partial charge in [0.15, 0.2) is 0 Å². The molecule has 0 spiro atoms. The second-order valence-corrected chi connectivity index (χ2v) is 8.89. The summed E-state index contributed by atoms with van der Waals surface area (Å²) < 4.78 is 34.0. The highest BCUT2D eigenvalue weighted by Crippen LogP contribution is 2.26. The van der Waals surface area contributed by atoms with E-state index in [1.807, 2.05) is 13.0 Å². The standard InChI is InChI=1S/C20H19BrN2O4S/c1-14-8-9-18(21)19(11-14)22-28(25,26)17-7-3-5-15(12-17)20(24)23(2)13-16-6-4-10-27-16/h3-12,22H,13H2,1-2H3. The molecule has 146 valence electrons. The highest BCUT2D eigenvalue weighted by Gasteiger charge is 2.19. The van der Waals surface area contributed by atoms with Gasteiger partial charge in [-0.25, -0.2) is 8.42 Å². The summed E-state index contributed by atoms with van der Waals surface area (Å²) in [7, 11) is -2.22. The number of furan rings is 1. The molecule has 1 heterocycles. The summed E-state index contributed by atoms with van der Waals surface area (Å²) >= 11 is 3.34. The molecule has 1 amide bonds. The van der Waals surface area contributed by atoms with E-state index < -0.39 is 10.0 Å². The molecule has 3 aromatic rings. The predicted molar refractivity (Wildman–Crippen MR) is 111 cm³/mol. The Hall–Kier alpha value is -2.58. The van der Waals surface area contributed by atoms with Gasteiger partial charge in [-0.05, 0) is 70.9 Å². The number of hydrogen-bond donors (Lipinski definition) is 1. The number of sulfonamides is 1. The van der Waals surface area contributed by atoms with Crippen molar-refractivity contribution >= 4 is 37.5 Å². The first kappa shape index (κ1) is 20.2. The minimum atomic E-state index is -3.85. The second kappa shape index (κ2) is 8.20. The number of anilines is 1. The first-order valence-corrected chi connectivity index (χ1v) is 10.7. The Morgan fingerprint density at radius 2 is 1.93 bits per heavy atom. The molecule has 0 aliphatic heterocycles. The summed E-state index contributed by atoms with van der Waals surface area (Å²) in [4.78, 5) is 14.1. The fourth-order valence-electron chi connectivity index (χ4n) is 2.65. The molecule has 28 heavy (non-hydrogen) atoms. The monoisotopic (exact) mass is 462 g/mol. The highest BCUT2D eigenvalue weighted by molar-refractivity contribution is 9.10. The molecule has 3 rings (SSSR count). The zero-order valence-corrected chi connectivity index (χ0v) is 17.7. The number of amides is 1. The fourth-order valence-corrected chi connectivity index (χ4v) is 4.24. The van der Waals surface area contributed by atoms with Crippen LogP contribution in [0.1, 0.15) is 21.7 Å². The Kier molecular flexibility index (Phi) is 5.90. The molecule has 0 aliphatic rings. The van der Waals surface area contributed by atoms with Crippen molar-refractivity contribution in [2.75, 3.05) is 11.8 Å². The van der Waals surface area contributed by atoms with Gasteiger partial charge in [0.25, 0.3) is 15.9 Å². The second-order valence-electron chi connectivity index (χ2n) is 6.36. The Morgan fingerprint density at radius 3 is 2.64 bits per heavy atom. The first-order chi connectivity index (χ1) is 13.3. The summed E-state index contributed by atoms with van der Waals surface area (Å²) in [5.74, 6) is 0.343. The molecule has 6 nitrogen and oxygen atoms in total. The fraction of sp³-hybridized carbons (Fsp3) is 0.150. The molecule has 0 radical (unpaired) electrons. The van der Waals surface area contributed by atoms with E-state index in [0.717, 1.165) is 5.56 Å². The lowest BCUT2D eigenvalue weighted by Crippen LogP contribution is -2.26. The number of benzene rings is 2. The van der Waals surface area contributed by atoms with Crippen LogP contribution in [0.2, 0.25) is 0 Å². The maximum Gasteiger partial charge on any atom is 0.261 e. The van der Waals surface area contributed by atoms with Gasteiger partial charge in [-0.2, -0.15) is 0 Å². The molecule has 0 unspecified atom stereocenters. The molecule has 1 N–H and O–H groups in total. The molecule has 2 aromatic carbocycles. The third-order valence-electron chi connectivity index (χ3n) is 4.08. The summed E-state index contributed by atoms with van der Waals surface area (Å²) in [6.07, 6.45) is 1.54. The van der Waals surface area contributed by atoms with Crippen molar-refractivity contribution in [1.29, 1.82) is 0 Å². The topological polar surface area (TPSA) is 79.6 Å². The first-order valence-electron chi connectivity index (χ1n) is 8.43. The summed E-state index contributed by atoms with van der Waals surface area (Å²) in [5.41, 5.74) is 1.64. The number of carbonyl (C=O) groups excluding carboxylic acids is 1. The molecule has 0 fully saturated rings. The number of rotatable bonds is 6. The van der Waals surface area contributed by atoms with Crippen LogP contribution < -0.4 is 4.72 Å². The van der Waals surface area contributed by atoms with Gasteiger partial charge >= 0.3 is 0 Å². The average Bonchev–Trinajstić information content (AvgIpc) is 3.17. The maximum atomic E-state index is 12.8. The Bertz CT molecular complexity index is 1100. The van der Waals surface area contributed by atoms with Gasteiger partial charge in [0.2, 0.25) is 0 Å². The van der Waals surface area contributed by atoms with Crippen LogP contribution in [0.25, 0.3) is 0 Å². The van der Waals surface area contributed by atoms with E-state index in [1.54, 1.807) is 43.4 Å². The average molecular weight is 463 g/mol. The minimum Gasteiger partial charge on any atom is -0.467 e. The van der Waals surface area contributed by atoms with Crippen LogP contribution in [-0.2, 0) is 16.6 Å².